The second-order valence-corrected chi connectivity index (χ2v) is 10.4. The van der Waals surface area contributed by atoms with Gasteiger partial charge in [-0.15, -0.1) is 13.2 Å². The summed E-state index contributed by atoms with van der Waals surface area (Å²) in [5.41, 5.74) is 1.06. The second kappa shape index (κ2) is 11.0. The number of hydrogen-bond donors (Lipinski definition) is 1. The van der Waals surface area contributed by atoms with Crippen molar-refractivity contribution in [2.24, 2.45) is 0 Å². The van der Waals surface area contributed by atoms with Crippen LogP contribution in [-0.4, -0.2) is 48.5 Å². The number of fused-ring (bicyclic) bond motifs is 1. The lowest BCUT2D eigenvalue weighted by Gasteiger charge is -2.18. The zero-order valence-corrected chi connectivity index (χ0v) is 21.4. The van der Waals surface area contributed by atoms with Crippen molar-refractivity contribution in [2.75, 3.05) is 6.26 Å². The molecule has 0 saturated carbocycles. The van der Waals surface area contributed by atoms with Gasteiger partial charge in [0.1, 0.15) is 17.2 Å². The zero-order valence-electron chi connectivity index (χ0n) is 20.6. The number of sulfone groups is 1. The van der Waals surface area contributed by atoms with Gasteiger partial charge in [0, 0.05) is 11.8 Å². The van der Waals surface area contributed by atoms with Gasteiger partial charge in [0.25, 0.3) is 5.91 Å². The number of carbonyl (C=O) groups is 1. The number of alkyl halides is 5. The molecule has 2 aromatic heterocycles. The van der Waals surface area contributed by atoms with Gasteiger partial charge >= 0.3 is 13.0 Å². The molecule has 1 unspecified atom stereocenters. The van der Waals surface area contributed by atoms with E-state index in [1.54, 1.807) is 24.3 Å². The van der Waals surface area contributed by atoms with Gasteiger partial charge in [0.2, 0.25) is 0 Å². The van der Waals surface area contributed by atoms with Crippen LogP contribution in [0.1, 0.15) is 29.0 Å². The Morgan fingerprint density at radius 1 is 0.975 bits per heavy atom. The SMILES string of the molecule is CC(NC(=O)c1cc(OC(F)(F)F)cc(S(C)(=O)=O)c1)c1nc2ccccc2nc1-c1ccc(OC(F)F)cn1. The van der Waals surface area contributed by atoms with Crippen molar-refractivity contribution in [3.63, 3.8) is 0 Å². The molecule has 0 spiro atoms. The molecule has 0 bridgehead atoms. The fraction of sp³-hybridized carbons (Fsp3) is 0.200. The number of hydrogen-bond acceptors (Lipinski definition) is 8. The van der Waals surface area contributed by atoms with Gasteiger partial charge in [-0.3, -0.25) is 9.78 Å². The first-order valence-corrected chi connectivity index (χ1v) is 13.2. The Balaban J connectivity index is 1.72. The highest BCUT2D eigenvalue weighted by atomic mass is 32.2. The maximum Gasteiger partial charge on any atom is 0.573 e. The minimum absolute atomic E-state index is 0.182. The van der Waals surface area contributed by atoms with Gasteiger partial charge in [-0.1, -0.05) is 12.1 Å². The number of amides is 1. The molecule has 1 amide bonds. The minimum atomic E-state index is -5.13. The van der Waals surface area contributed by atoms with E-state index in [9.17, 15) is 35.2 Å². The Bertz CT molecular complexity index is 1670. The molecule has 1 N–H and O–H groups in total. The lowest BCUT2D eigenvalue weighted by atomic mass is 10.1. The summed E-state index contributed by atoms with van der Waals surface area (Å²) < 4.78 is 95.7. The first-order chi connectivity index (χ1) is 18.7. The highest BCUT2D eigenvalue weighted by Gasteiger charge is 2.32. The maximum absolute atomic E-state index is 13.1. The van der Waals surface area contributed by atoms with Crippen LogP contribution < -0.4 is 14.8 Å². The topological polar surface area (TPSA) is 120 Å². The third-order valence-corrected chi connectivity index (χ3v) is 6.46. The molecule has 0 aliphatic rings. The van der Waals surface area contributed by atoms with Crippen molar-refractivity contribution in [1.29, 1.82) is 0 Å². The number of para-hydroxylation sites is 2. The number of rotatable bonds is 8. The summed E-state index contributed by atoms with van der Waals surface area (Å²) >= 11 is 0. The summed E-state index contributed by atoms with van der Waals surface area (Å²) in [5, 5.41) is 2.57. The van der Waals surface area contributed by atoms with Gasteiger partial charge in [0.15, 0.2) is 9.84 Å². The van der Waals surface area contributed by atoms with E-state index in [0.29, 0.717) is 17.1 Å². The fourth-order valence-corrected chi connectivity index (χ4v) is 4.33. The molecule has 0 radical (unpaired) electrons. The summed E-state index contributed by atoms with van der Waals surface area (Å²) in [6.45, 7) is -1.54. The Labute approximate surface area is 223 Å². The third-order valence-electron chi connectivity index (χ3n) is 5.36. The maximum atomic E-state index is 13.1. The van der Waals surface area contributed by atoms with Crippen LogP contribution >= 0.6 is 0 Å². The van der Waals surface area contributed by atoms with E-state index in [1.807, 2.05) is 0 Å². The van der Waals surface area contributed by atoms with Crippen LogP contribution in [0.15, 0.2) is 65.7 Å². The van der Waals surface area contributed by atoms with Gasteiger partial charge in [-0.25, -0.2) is 18.4 Å². The van der Waals surface area contributed by atoms with E-state index in [4.69, 9.17) is 0 Å². The first-order valence-electron chi connectivity index (χ1n) is 11.3. The molecule has 9 nitrogen and oxygen atoms in total. The van der Waals surface area contributed by atoms with E-state index in [2.05, 4.69) is 29.7 Å². The van der Waals surface area contributed by atoms with Gasteiger partial charge in [-0.2, -0.15) is 8.78 Å². The highest BCUT2D eigenvalue weighted by molar-refractivity contribution is 7.90. The Kier molecular flexibility index (Phi) is 7.86. The minimum Gasteiger partial charge on any atom is -0.433 e. The molecule has 4 rings (SSSR count). The van der Waals surface area contributed by atoms with Crippen molar-refractivity contribution < 1.29 is 44.6 Å². The predicted octanol–water partition coefficient (Wildman–Crippen LogP) is 5.09. The average Bonchev–Trinajstić information content (AvgIpc) is 2.86. The molecule has 0 aliphatic heterocycles. The van der Waals surface area contributed by atoms with Crippen molar-refractivity contribution in [1.82, 2.24) is 20.3 Å². The van der Waals surface area contributed by atoms with Crippen LogP contribution in [0.3, 0.4) is 0 Å². The second-order valence-electron chi connectivity index (χ2n) is 8.41. The quantitative estimate of drug-likeness (QED) is 0.286. The summed E-state index contributed by atoms with van der Waals surface area (Å²) in [7, 11) is -4.01. The van der Waals surface area contributed by atoms with E-state index in [-0.39, 0.29) is 22.8 Å². The summed E-state index contributed by atoms with van der Waals surface area (Å²) in [5.74, 6) is -2.02. The summed E-state index contributed by atoms with van der Waals surface area (Å²) in [6.07, 6.45) is -3.30. The Hall–Kier alpha value is -4.40. The van der Waals surface area contributed by atoms with Gasteiger partial charge in [0.05, 0.1) is 39.6 Å². The number of benzene rings is 2. The van der Waals surface area contributed by atoms with Crippen molar-refractivity contribution in [2.45, 2.75) is 30.8 Å². The van der Waals surface area contributed by atoms with E-state index in [0.717, 1.165) is 24.6 Å². The molecule has 210 valence electrons. The van der Waals surface area contributed by atoms with Crippen LogP contribution in [-0.2, 0) is 9.84 Å². The molecule has 0 saturated heterocycles. The summed E-state index contributed by atoms with van der Waals surface area (Å²) in [6, 6.07) is 10.8. The third kappa shape index (κ3) is 6.97. The molecule has 2 heterocycles. The van der Waals surface area contributed by atoms with E-state index < -0.39 is 51.0 Å². The zero-order chi connectivity index (χ0) is 29.2. The van der Waals surface area contributed by atoms with Gasteiger partial charge < -0.3 is 14.8 Å². The van der Waals surface area contributed by atoms with Crippen molar-refractivity contribution in [3.8, 4) is 22.9 Å². The molecule has 0 aliphatic carbocycles. The van der Waals surface area contributed by atoms with Crippen LogP contribution in [0.5, 0.6) is 11.5 Å². The van der Waals surface area contributed by atoms with Crippen LogP contribution in [0.4, 0.5) is 22.0 Å². The lowest BCUT2D eigenvalue weighted by molar-refractivity contribution is -0.274. The summed E-state index contributed by atoms with van der Waals surface area (Å²) in [4.78, 5) is 25.7. The van der Waals surface area contributed by atoms with Crippen molar-refractivity contribution >= 4 is 26.8 Å². The molecule has 15 heteroatoms. The van der Waals surface area contributed by atoms with Crippen molar-refractivity contribution in [3.05, 3.63) is 72.1 Å². The Morgan fingerprint density at radius 3 is 2.23 bits per heavy atom. The van der Waals surface area contributed by atoms with Crippen LogP contribution in [0.25, 0.3) is 22.4 Å². The largest absolute Gasteiger partial charge is 0.573 e. The number of nitrogens with zero attached hydrogens (tertiary/aromatic N) is 3. The number of nitrogens with one attached hydrogen (secondary N) is 1. The lowest BCUT2D eigenvalue weighted by Crippen LogP contribution is -2.28. The number of halogens is 5. The molecule has 40 heavy (non-hydrogen) atoms. The molecule has 1 atom stereocenters. The smallest absolute Gasteiger partial charge is 0.433 e. The number of pyridine rings is 1. The molecule has 4 aromatic rings. The Morgan fingerprint density at radius 2 is 1.65 bits per heavy atom. The highest BCUT2D eigenvalue weighted by Crippen LogP contribution is 2.30. The fourth-order valence-electron chi connectivity index (χ4n) is 3.65. The molecular formula is C25H19F5N4O5S. The van der Waals surface area contributed by atoms with E-state index in [1.165, 1.54) is 19.1 Å². The number of aromatic nitrogens is 3. The standard InChI is InChI=1S/C25H19F5N4O5S/c1-13(32-23(35)14-9-16(39-25(28,29)30)11-17(10-14)40(2,36)37)21-22(34-19-6-4-3-5-18(19)33-21)20-8-7-15(12-31-20)38-24(26)27/h3-13,24H,1-2H3,(H,32,35). The molecular weight excluding hydrogens is 563 g/mol. The molecule has 0 fully saturated rings. The molecule has 2 aromatic carbocycles. The average molecular weight is 583 g/mol. The number of ether oxygens (including phenoxy) is 2. The monoisotopic (exact) mass is 582 g/mol. The van der Waals surface area contributed by atoms with Gasteiger partial charge in [-0.05, 0) is 49.4 Å². The number of carbonyl (C=O) groups excluding carboxylic acids is 1. The van der Waals surface area contributed by atoms with Crippen LogP contribution in [0, 0.1) is 0 Å². The normalized spacial score (nSPS) is 12.8. The predicted molar refractivity (Wildman–Crippen MR) is 132 cm³/mol. The first kappa shape index (κ1) is 28.6. The van der Waals surface area contributed by atoms with E-state index >= 15 is 0 Å². The van der Waals surface area contributed by atoms with Crippen LogP contribution in [0.2, 0.25) is 0 Å².